The zero-order valence-electron chi connectivity index (χ0n) is 11.4. The van der Waals surface area contributed by atoms with E-state index in [-0.39, 0.29) is 5.69 Å². The summed E-state index contributed by atoms with van der Waals surface area (Å²) in [5.41, 5.74) is 0.395. The van der Waals surface area contributed by atoms with Gasteiger partial charge in [0.15, 0.2) is 0 Å². The Morgan fingerprint density at radius 3 is 2.80 bits per heavy atom. The van der Waals surface area contributed by atoms with Gasteiger partial charge in [0.05, 0.1) is 13.7 Å². The van der Waals surface area contributed by atoms with Gasteiger partial charge in [0, 0.05) is 11.5 Å². The minimum atomic E-state index is -1.08. The summed E-state index contributed by atoms with van der Waals surface area (Å²) in [6.45, 7) is 2.56. The Kier molecular flexibility index (Phi) is 4.34. The van der Waals surface area contributed by atoms with Crippen molar-refractivity contribution in [3.63, 3.8) is 0 Å². The predicted octanol–water partition coefficient (Wildman–Crippen LogP) is 2.52. The molecule has 2 heterocycles. The number of carbonyl (C=O) groups is 1. The molecule has 0 saturated carbocycles. The zero-order chi connectivity index (χ0) is 14.5. The molecule has 0 radical (unpaired) electrons. The van der Waals surface area contributed by atoms with Crippen molar-refractivity contribution in [1.82, 2.24) is 9.97 Å². The summed E-state index contributed by atoms with van der Waals surface area (Å²) in [6.07, 6.45) is 1.88. The molecule has 6 nitrogen and oxygen atoms in total. The molecule has 0 aliphatic carbocycles. The Labute approximate surface area is 116 Å². The van der Waals surface area contributed by atoms with E-state index in [1.807, 2.05) is 0 Å². The lowest BCUT2D eigenvalue weighted by atomic mass is 10.2. The molecule has 2 aromatic rings. The summed E-state index contributed by atoms with van der Waals surface area (Å²) in [4.78, 5) is 19.3. The number of aromatic carboxylic acids is 1. The topological polar surface area (TPSA) is 81.5 Å². The lowest BCUT2D eigenvalue weighted by molar-refractivity contribution is 0.0691. The van der Waals surface area contributed by atoms with Crippen LogP contribution in [0.4, 0.5) is 0 Å². The van der Waals surface area contributed by atoms with Crippen molar-refractivity contribution >= 4 is 16.9 Å². The van der Waals surface area contributed by atoms with E-state index in [1.54, 1.807) is 12.1 Å². The largest absolute Gasteiger partial charge is 0.481 e. The molecule has 1 N–H and O–H groups in total. The number of hydrogen-bond acceptors (Lipinski definition) is 5. The van der Waals surface area contributed by atoms with Crippen LogP contribution in [0.15, 0.2) is 18.2 Å². The van der Waals surface area contributed by atoms with Gasteiger partial charge in [-0.25, -0.2) is 9.78 Å². The lowest BCUT2D eigenvalue weighted by Crippen LogP contribution is -2.04. The Morgan fingerprint density at radius 1 is 1.35 bits per heavy atom. The molecule has 0 bridgehead atoms. The van der Waals surface area contributed by atoms with Crippen molar-refractivity contribution in [2.24, 2.45) is 0 Å². The van der Waals surface area contributed by atoms with Crippen molar-refractivity contribution in [3.05, 3.63) is 23.9 Å². The standard InChI is InChI=1S/C14H16N2O4/c1-3-4-7-20-13-12-9(8-11(16-13)19-2)5-6-10(15-12)14(17)18/h5-6,8H,3-4,7H2,1-2H3,(H,17,18). The molecule has 0 atom stereocenters. The van der Waals surface area contributed by atoms with E-state index in [1.165, 1.54) is 13.2 Å². The van der Waals surface area contributed by atoms with Crippen molar-refractivity contribution < 1.29 is 19.4 Å². The van der Waals surface area contributed by atoms with E-state index in [2.05, 4.69) is 16.9 Å². The molecule has 106 valence electrons. The number of aromatic nitrogens is 2. The van der Waals surface area contributed by atoms with Gasteiger partial charge in [-0.15, -0.1) is 0 Å². The SMILES string of the molecule is CCCCOc1nc(OC)cc2ccc(C(=O)O)nc12. The number of unbranched alkanes of at least 4 members (excludes halogenated alkanes) is 1. The van der Waals surface area contributed by atoms with E-state index in [4.69, 9.17) is 14.6 Å². The van der Waals surface area contributed by atoms with Gasteiger partial charge in [0.1, 0.15) is 11.2 Å². The van der Waals surface area contributed by atoms with E-state index < -0.39 is 5.97 Å². The Balaban J connectivity index is 2.48. The third kappa shape index (κ3) is 2.96. The first-order valence-electron chi connectivity index (χ1n) is 6.37. The molecule has 0 aliphatic heterocycles. The maximum Gasteiger partial charge on any atom is 0.354 e. The fourth-order valence-electron chi connectivity index (χ4n) is 1.71. The number of nitrogens with zero attached hydrogens (tertiary/aromatic N) is 2. The van der Waals surface area contributed by atoms with E-state index >= 15 is 0 Å². The van der Waals surface area contributed by atoms with Crippen LogP contribution in [0.2, 0.25) is 0 Å². The van der Waals surface area contributed by atoms with E-state index in [0.717, 1.165) is 18.2 Å². The third-order valence-electron chi connectivity index (χ3n) is 2.78. The second-order valence-corrected chi connectivity index (χ2v) is 4.25. The maximum absolute atomic E-state index is 11.0. The van der Waals surface area contributed by atoms with Gasteiger partial charge in [-0.1, -0.05) is 13.3 Å². The molecule has 2 aromatic heterocycles. The lowest BCUT2D eigenvalue weighted by Gasteiger charge is -2.09. The highest BCUT2D eigenvalue weighted by Crippen LogP contribution is 2.26. The average Bonchev–Trinajstić information content (AvgIpc) is 2.46. The number of pyridine rings is 2. The van der Waals surface area contributed by atoms with Crippen LogP contribution < -0.4 is 9.47 Å². The number of carboxylic acids is 1. The molecule has 0 aliphatic rings. The molecule has 6 heteroatoms. The highest BCUT2D eigenvalue weighted by Gasteiger charge is 2.12. The smallest absolute Gasteiger partial charge is 0.354 e. The summed E-state index contributed by atoms with van der Waals surface area (Å²) in [7, 11) is 1.52. The fraction of sp³-hybridized carbons (Fsp3) is 0.357. The van der Waals surface area contributed by atoms with Gasteiger partial charge in [0.25, 0.3) is 0 Å². The number of ether oxygens (including phenoxy) is 2. The highest BCUT2D eigenvalue weighted by atomic mass is 16.5. The van der Waals surface area contributed by atoms with Crippen LogP contribution in [0.3, 0.4) is 0 Å². The van der Waals surface area contributed by atoms with Gasteiger partial charge < -0.3 is 14.6 Å². The van der Waals surface area contributed by atoms with Crippen LogP contribution in [0.5, 0.6) is 11.8 Å². The van der Waals surface area contributed by atoms with Crippen molar-refractivity contribution in [3.8, 4) is 11.8 Å². The quantitative estimate of drug-likeness (QED) is 0.816. The monoisotopic (exact) mass is 276 g/mol. The second-order valence-electron chi connectivity index (χ2n) is 4.25. The second kappa shape index (κ2) is 6.18. The van der Waals surface area contributed by atoms with Crippen molar-refractivity contribution in [1.29, 1.82) is 0 Å². The summed E-state index contributed by atoms with van der Waals surface area (Å²) >= 11 is 0. The Bertz CT molecular complexity index is 628. The van der Waals surface area contributed by atoms with Gasteiger partial charge >= 0.3 is 5.97 Å². The van der Waals surface area contributed by atoms with Gasteiger partial charge in [0.2, 0.25) is 11.8 Å². The number of methoxy groups -OCH3 is 1. The first-order chi connectivity index (χ1) is 9.65. The first-order valence-corrected chi connectivity index (χ1v) is 6.37. The molecule has 0 saturated heterocycles. The Morgan fingerprint density at radius 2 is 2.15 bits per heavy atom. The van der Waals surface area contributed by atoms with Gasteiger partial charge in [-0.3, -0.25) is 0 Å². The maximum atomic E-state index is 11.0. The van der Waals surface area contributed by atoms with Crippen LogP contribution in [0.1, 0.15) is 30.3 Å². The Hall–Kier alpha value is -2.37. The normalized spacial score (nSPS) is 10.5. The highest BCUT2D eigenvalue weighted by molar-refractivity contribution is 5.91. The number of rotatable bonds is 6. The predicted molar refractivity (Wildman–Crippen MR) is 73.5 cm³/mol. The molecule has 0 spiro atoms. The third-order valence-corrected chi connectivity index (χ3v) is 2.78. The summed E-state index contributed by atoms with van der Waals surface area (Å²) < 4.78 is 10.7. The summed E-state index contributed by atoms with van der Waals surface area (Å²) in [5.74, 6) is -0.369. The molecule has 0 aromatic carbocycles. The van der Waals surface area contributed by atoms with E-state index in [9.17, 15) is 4.79 Å². The molecule has 0 amide bonds. The summed E-state index contributed by atoms with van der Waals surface area (Å²) in [6, 6.07) is 4.81. The number of hydrogen-bond donors (Lipinski definition) is 1. The summed E-state index contributed by atoms with van der Waals surface area (Å²) in [5, 5.41) is 9.73. The average molecular weight is 276 g/mol. The zero-order valence-corrected chi connectivity index (χ0v) is 11.4. The molecular formula is C14H16N2O4. The molecular weight excluding hydrogens is 260 g/mol. The van der Waals surface area contributed by atoms with Crippen LogP contribution in [0, 0.1) is 0 Å². The molecule has 0 unspecified atom stereocenters. The van der Waals surface area contributed by atoms with Crippen molar-refractivity contribution in [2.45, 2.75) is 19.8 Å². The van der Waals surface area contributed by atoms with Crippen molar-refractivity contribution in [2.75, 3.05) is 13.7 Å². The fourth-order valence-corrected chi connectivity index (χ4v) is 1.71. The van der Waals surface area contributed by atoms with Crippen LogP contribution >= 0.6 is 0 Å². The molecule has 0 fully saturated rings. The molecule has 2 rings (SSSR count). The van der Waals surface area contributed by atoms with Crippen LogP contribution in [-0.2, 0) is 0 Å². The number of fused-ring (bicyclic) bond motifs is 1. The van der Waals surface area contributed by atoms with Crippen LogP contribution in [-0.4, -0.2) is 34.8 Å². The number of carboxylic acid groups (broad SMARTS) is 1. The first kappa shape index (κ1) is 14.0. The minimum Gasteiger partial charge on any atom is -0.481 e. The minimum absolute atomic E-state index is 0.0372. The van der Waals surface area contributed by atoms with Gasteiger partial charge in [-0.2, -0.15) is 4.98 Å². The molecule has 20 heavy (non-hydrogen) atoms. The van der Waals surface area contributed by atoms with Crippen LogP contribution in [0.25, 0.3) is 10.9 Å². The van der Waals surface area contributed by atoms with Gasteiger partial charge in [-0.05, 0) is 18.6 Å². The van der Waals surface area contributed by atoms with E-state index in [0.29, 0.717) is 23.9 Å².